The van der Waals surface area contributed by atoms with Gasteiger partial charge in [-0.1, -0.05) is 25.7 Å². The number of sulfone groups is 1. The lowest BCUT2D eigenvalue weighted by molar-refractivity contribution is -0.139. The number of halogens is 3. The van der Waals surface area contributed by atoms with Gasteiger partial charge < -0.3 is 11.5 Å². The van der Waals surface area contributed by atoms with Crippen LogP contribution in [0.2, 0.25) is 0 Å². The van der Waals surface area contributed by atoms with E-state index in [2.05, 4.69) is 4.99 Å². The first kappa shape index (κ1) is 21.2. The Balaban J connectivity index is 2.64. The number of nitrogens with zero attached hydrogens (tertiary/aromatic N) is 1. The van der Waals surface area contributed by atoms with Crippen LogP contribution >= 0.6 is 0 Å². The van der Waals surface area contributed by atoms with Crippen LogP contribution in [-0.4, -0.2) is 25.5 Å². The number of rotatable bonds is 3. The highest BCUT2D eigenvalue weighted by Crippen LogP contribution is 2.39. The van der Waals surface area contributed by atoms with Gasteiger partial charge in [-0.3, -0.25) is 4.79 Å². The van der Waals surface area contributed by atoms with Crippen molar-refractivity contribution < 1.29 is 26.4 Å². The summed E-state index contributed by atoms with van der Waals surface area (Å²) in [5.74, 6) is -1.65. The summed E-state index contributed by atoms with van der Waals surface area (Å²) in [6.45, 7) is 1.35. The molecule has 1 aliphatic rings. The smallest absolute Gasteiger partial charge is 0.370 e. The summed E-state index contributed by atoms with van der Waals surface area (Å²) in [5, 5.41) is -0.861. The van der Waals surface area contributed by atoms with Gasteiger partial charge in [-0.05, 0) is 37.5 Å². The van der Waals surface area contributed by atoms with Crippen LogP contribution in [-0.2, 0) is 16.0 Å². The van der Waals surface area contributed by atoms with Crippen molar-refractivity contribution in [2.75, 3.05) is 0 Å². The van der Waals surface area contributed by atoms with Crippen LogP contribution in [0.5, 0.6) is 0 Å². The van der Waals surface area contributed by atoms with Gasteiger partial charge in [-0.15, -0.1) is 0 Å². The molecular formula is C17H22F3N3O3S. The molecule has 1 saturated carbocycles. The molecule has 1 aromatic rings. The average Bonchev–Trinajstić information content (AvgIpc) is 2.82. The topological polar surface area (TPSA) is 116 Å². The number of nitrogens with two attached hydrogens (primary N) is 2. The average molecular weight is 405 g/mol. The Morgan fingerprint density at radius 1 is 1.11 bits per heavy atom. The molecule has 27 heavy (non-hydrogen) atoms. The Hall–Kier alpha value is -2.10. The third-order valence-electron chi connectivity index (χ3n) is 4.64. The summed E-state index contributed by atoms with van der Waals surface area (Å²) in [5.41, 5.74) is 8.51. The van der Waals surface area contributed by atoms with Crippen molar-refractivity contribution in [1.29, 1.82) is 0 Å². The fourth-order valence-electron chi connectivity index (χ4n) is 3.28. The molecule has 0 saturated heterocycles. The molecule has 0 bridgehead atoms. The Bertz CT molecular complexity index is 852. The van der Waals surface area contributed by atoms with E-state index in [-0.39, 0.29) is 5.56 Å². The van der Waals surface area contributed by atoms with E-state index < -0.39 is 49.2 Å². The molecule has 0 radical (unpaired) electrons. The first-order valence-electron chi connectivity index (χ1n) is 8.54. The van der Waals surface area contributed by atoms with Gasteiger partial charge >= 0.3 is 6.18 Å². The predicted octanol–water partition coefficient (Wildman–Crippen LogP) is 2.92. The molecule has 0 aromatic heterocycles. The second-order valence-electron chi connectivity index (χ2n) is 6.66. The van der Waals surface area contributed by atoms with Crippen molar-refractivity contribution in [1.82, 2.24) is 0 Å². The maximum absolute atomic E-state index is 13.6. The van der Waals surface area contributed by atoms with Gasteiger partial charge in [0.05, 0.1) is 15.7 Å². The zero-order valence-electron chi connectivity index (χ0n) is 14.8. The van der Waals surface area contributed by atoms with Gasteiger partial charge in [-0.25, -0.2) is 8.42 Å². The van der Waals surface area contributed by atoms with E-state index in [4.69, 9.17) is 11.5 Å². The molecule has 1 aromatic carbocycles. The van der Waals surface area contributed by atoms with E-state index >= 15 is 0 Å². The number of aryl methyl sites for hydroxylation is 1. The molecule has 150 valence electrons. The highest BCUT2D eigenvalue weighted by atomic mass is 32.2. The minimum atomic E-state index is -4.95. The standard InChI is InChI=1S/C17H22F3N3O3S/c1-10-8-14(27(25,26)11-6-4-2-3-5-7-11)13(17(18,19)20)9-12(10)15(24)23-16(21)22/h8-9,11H,2-7H2,1H3,(H4,21,22,23,24). The zero-order valence-corrected chi connectivity index (χ0v) is 15.7. The number of guanidine groups is 1. The van der Waals surface area contributed by atoms with E-state index in [9.17, 15) is 26.4 Å². The largest absolute Gasteiger partial charge is 0.417 e. The van der Waals surface area contributed by atoms with Gasteiger partial charge in [0.25, 0.3) is 5.91 Å². The summed E-state index contributed by atoms with van der Waals surface area (Å²) < 4.78 is 66.7. The summed E-state index contributed by atoms with van der Waals surface area (Å²) in [4.78, 5) is 14.5. The molecule has 0 spiro atoms. The van der Waals surface area contributed by atoms with Crippen molar-refractivity contribution in [3.63, 3.8) is 0 Å². The van der Waals surface area contributed by atoms with Crippen LogP contribution in [0.25, 0.3) is 0 Å². The number of carbonyl (C=O) groups is 1. The van der Waals surface area contributed by atoms with Gasteiger partial charge in [0, 0.05) is 5.56 Å². The van der Waals surface area contributed by atoms with E-state index in [1.807, 2.05) is 0 Å². The van der Waals surface area contributed by atoms with Crippen LogP contribution in [0.1, 0.15) is 60.0 Å². The molecule has 0 atom stereocenters. The second-order valence-corrected chi connectivity index (χ2v) is 8.86. The maximum Gasteiger partial charge on any atom is 0.417 e. The molecule has 4 N–H and O–H groups in total. The SMILES string of the molecule is Cc1cc(S(=O)(=O)C2CCCCCC2)c(C(F)(F)F)cc1C(=O)N=C(N)N. The van der Waals surface area contributed by atoms with Crippen molar-refractivity contribution in [2.45, 2.75) is 61.8 Å². The van der Waals surface area contributed by atoms with E-state index in [0.717, 1.165) is 18.9 Å². The van der Waals surface area contributed by atoms with E-state index in [1.54, 1.807) is 0 Å². The molecule has 1 fully saturated rings. The Labute approximate surface area is 155 Å². The number of benzene rings is 1. The van der Waals surface area contributed by atoms with Crippen LogP contribution in [0.15, 0.2) is 22.0 Å². The zero-order chi connectivity index (χ0) is 20.4. The summed E-state index contributed by atoms with van der Waals surface area (Å²) in [7, 11) is -4.20. The lowest BCUT2D eigenvalue weighted by Crippen LogP contribution is -2.26. The summed E-state index contributed by atoms with van der Waals surface area (Å²) in [6, 6.07) is 1.42. The Morgan fingerprint density at radius 3 is 2.15 bits per heavy atom. The maximum atomic E-state index is 13.6. The van der Waals surface area contributed by atoms with Crippen molar-refractivity contribution in [3.05, 3.63) is 28.8 Å². The molecule has 1 aliphatic carbocycles. The van der Waals surface area contributed by atoms with Crippen LogP contribution in [0, 0.1) is 6.92 Å². The highest BCUT2D eigenvalue weighted by Gasteiger charge is 2.40. The summed E-state index contributed by atoms with van der Waals surface area (Å²) in [6.07, 6.45) is -1.25. The van der Waals surface area contributed by atoms with Gasteiger partial charge in [0.1, 0.15) is 0 Å². The van der Waals surface area contributed by atoms with Crippen LogP contribution in [0.3, 0.4) is 0 Å². The first-order valence-corrected chi connectivity index (χ1v) is 10.1. The number of alkyl halides is 3. The minimum absolute atomic E-state index is 0.0604. The third kappa shape index (κ3) is 4.79. The molecule has 0 unspecified atom stereocenters. The molecule has 0 aliphatic heterocycles. The lowest BCUT2D eigenvalue weighted by atomic mass is 10.0. The van der Waals surface area contributed by atoms with E-state index in [1.165, 1.54) is 6.92 Å². The van der Waals surface area contributed by atoms with E-state index in [0.29, 0.717) is 31.7 Å². The quantitative estimate of drug-likeness (QED) is 0.456. The highest BCUT2D eigenvalue weighted by molar-refractivity contribution is 7.92. The molecular weight excluding hydrogens is 383 g/mol. The Morgan fingerprint density at radius 2 is 1.67 bits per heavy atom. The number of carbonyl (C=O) groups excluding carboxylic acids is 1. The fraction of sp³-hybridized carbons (Fsp3) is 0.529. The van der Waals surface area contributed by atoms with Crippen molar-refractivity contribution in [2.24, 2.45) is 16.5 Å². The molecule has 0 heterocycles. The predicted molar refractivity (Wildman–Crippen MR) is 95.0 cm³/mol. The summed E-state index contributed by atoms with van der Waals surface area (Å²) >= 11 is 0. The van der Waals surface area contributed by atoms with Crippen molar-refractivity contribution >= 4 is 21.7 Å². The number of aliphatic imine (C=N–C) groups is 1. The van der Waals surface area contributed by atoms with Gasteiger partial charge in [0.15, 0.2) is 15.8 Å². The molecule has 10 heteroatoms. The first-order chi connectivity index (χ1) is 12.4. The van der Waals surface area contributed by atoms with Crippen molar-refractivity contribution in [3.8, 4) is 0 Å². The van der Waals surface area contributed by atoms with Crippen LogP contribution in [0.4, 0.5) is 13.2 Å². The second kappa shape index (κ2) is 7.87. The fourth-order valence-corrected chi connectivity index (χ4v) is 5.41. The van der Waals surface area contributed by atoms with Crippen LogP contribution < -0.4 is 11.5 Å². The third-order valence-corrected chi connectivity index (χ3v) is 6.94. The van der Waals surface area contributed by atoms with Gasteiger partial charge in [0.2, 0.25) is 0 Å². The molecule has 6 nitrogen and oxygen atoms in total. The Kier molecular flexibility index (Phi) is 6.18. The number of amides is 1. The minimum Gasteiger partial charge on any atom is -0.370 e. The molecule has 1 amide bonds. The van der Waals surface area contributed by atoms with Gasteiger partial charge in [-0.2, -0.15) is 18.2 Å². The normalized spacial score (nSPS) is 16.6. The lowest BCUT2D eigenvalue weighted by Gasteiger charge is -2.20. The molecule has 2 rings (SSSR count). The number of hydrogen-bond donors (Lipinski definition) is 2. The monoisotopic (exact) mass is 405 g/mol. The number of hydrogen-bond acceptors (Lipinski definition) is 3.